The van der Waals surface area contributed by atoms with Crippen LogP contribution >= 0.6 is 34.5 Å². The standard InChI is InChI=1S/C23H17Cl2N3OS/c24-18-10-11-19(20(25)12-18)21-15-30-23(27-21)28-26-13-17-8-4-5-9-22(17)29-14-16-6-2-1-3-7-16/h1-13,15H,14H2,(H,27,28). The molecule has 0 bridgehead atoms. The molecular weight excluding hydrogens is 437 g/mol. The van der Waals surface area contributed by atoms with Crippen molar-refractivity contribution in [1.82, 2.24) is 4.98 Å². The topological polar surface area (TPSA) is 46.5 Å². The fourth-order valence-electron chi connectivity index (χ4n) is 2.76. The van der Waals surface area contributed by atoms with Crippen LogP contribution in [-0.2, 0) is 6.61 Å². The second-order valence-corrected chi connectivity index (χ2v) is 8.05. The zero-order valence-electron chi connectivity index (χ0n) is 15.8. The number of hydrogen-bond acceptors (Lipinski definition) is 5. The van der Waals surface area contributed by atoms with E-state index in [0.717, 1.165) is 28.1 Å². The summed E-state index contributed by atoms with van der Waals surface area (Å²) in [5.41, 5.74) is 6.55. The van der Waals surface area contributed by atoms with E-state index >= 15 is 0 Å². The molecule has 0 saturated carbocycles. The lowest BCUT2D eigenvalue weighted by atomic mass is 10.2. The van der Waals surface area contributed by atoms with E-state index in [9.17, 15) is 0 Å². The highest BCUT2D eigenvalue weighted by atomic mass is 35.5. The van der Waals surface area contributed by atoms with Gasteiger partial charge in [0, 0.05) is 21.5 Å². The zero-order chi connectivity index (χ0) is 20.8. The van der Waals surface area contributed by atoms with Crippen LogP contribution in [0.15, 0.2) is 83.3 Å². The van der Waals surface area contributed by atoms with Crippen molar-refractivity contribution in [3.8, 4) is 17.0 Å². The van der Waals surface area contributed by atoms with Crippen molar-refractivity contribution in [1.29, 1.82) is 0 Å². The molecular formula is C23H17Cl2N3OS. The maximum Gasteiger partial charge on any atom is 0.203 e. The number of aromatic nitrogens is 1. The van der Waals surface area contributed by atoms with Crippen molar-refractivity contribution in [2.24, 2.45) is 5.10 Å². The molecule has 4 nitrogen and oxygen atoms in total. The van der Waals surface area contributed by atoms with Crippen molar-refractivity contribution in [3.05, 3.63) is 99.3 Å². The van der Waals surface area contributed by atoms with Crippen molar-refractivity contribution in [2.45, 2.75) is 6.61 Å². The smallest absolute Gasteiger partial charge is 0.203 e. The normalized spacial score (nSPS) is 11.0. The molecule has 0 amide bonds. The van der Waals surface area contributed by atoms with Gasteiger partial charge in [-0.3, -0.25) is 5.43 Å². The third-order valence-electron chi connectivity index (χ3n) is 4.23. The number of nitrogens with zero attached hydrogens (tertiary/aromatic N) is 2. The van der Waals surface area contributed by atoms with Gasteiger partial charge in [-0.25, -0.2) is 4.98 Å². The Bertz CT molecular complexity index is 1160. The van der Waals surface area contributed by atoms with Crippen molar-refractivity contribution in [3.63, 3.8) is 0 Å². The molecule has 4 rings (SSSR count). The van der Waals surface area contributed by atoms with Gasteiger partial charge in [-0.15, -0.1) is 11.3 Å². The van der Waals surface area contributed by atoms with Gasteiger partial charge in [0.1, 0.15) is 12.4 Å². The molecule has 0 saturated heterocycles. The molecule has 0 unspecified atom stereocenters. The largest absolute Gasteiger partial charge is 0.488 e. The van der Waals surface area contributed by atoms with Crippen LogP contribution in [-0.4, -0.2) is 11.2 Å². The van der Waals surface area contributed by atoms with Gasteiger partial charge in [0.15, 0.2) is 0 Å². The number of para-hydroxylation sites is 1. The highest BCUT2D eigenvalue weighted by molar-refractivity contribution is 7.14. The Morgan fingerprint density at radius 2 is 1.80 bits per heavy atom. The highest BCUT2D eigenvalue weighted by Crippen LogP contribution is 2.32. The first kappa shape index (κ1) is 20.4. The Kier molecular flexibility index (Phi) is 6.64. The van der Waals surface area contributed by atoms with Crippen LogP contribution in [0, 0.1) is 0 Å². The second kappa shape index (κ2) is 9.76. The minimum absolute atomic E-state index is 0.497. The summed E-state index contributed by atoms with van der Waals surface area (Å²) in [6.07, 6.45) is 1.72. The summed E-state index contributed by atoms with van der Waals surface area (Å²) in [4.78, 5) is 4.54. The Labute approximate surface area is 188 Å². The van der Waals surface area contributed by atoms with Gasteiger partial charge < -0.3 is 4.74 Å². The van der Waals surface area contributed by atoms with Gasteiger partial charge in [0.25, 0.3) is 0 Å². The molecule has 0 aliphatic rings. The Morgan fingerprint density at radius 1 is 1.00 bits per heavy atom. The summed E-state index contributed by atoms with van der Waals surface area (Å²) in [6.45, 7) is 0.497. The van der Waals surface area contributed by atoms with E-state index < -0.39 is 0 Å². The molecule has 30 heavy (non-hydrogen) atoms. The first-order valence-electron chi connectivity index (χ1n) is 9.15. The first-order chi connectivity index (χ1) is 14.7. The minimum Gasteiger partial charge on any atom is -0.488 e. The lowest BCUT2D eigenvalue weighted by Gasteiger charge is -2.08. The molecule has 4 aromatic rings. The Morgan fingerprint density at radius 3 is 2.63 bits per heavy atom. The number of thiazole rings is 1. The quantitative estimate of drug-likeness (QED) is 0.238. The molecule has 1 heterocycles. The van der Waals surface area contributed by atoms with E-state index in [1.54, 1.807) is 18.3 Å². The minimum atomic E-state index is 0.497. The van der Waals surface area contributed by atoms with Gasteiger partial charge in [-0.05, 0) is 35.9 Å². The lowest BCUT2D eigenvalue weighted by Crippen LogP contribution is -1.99. The van der Waals surface area contributed by atoms with Gasteiger partial charge in [0.2, 0.25) is 5.13 Å². The van der Waals surface area contributed by atoms with Crippen LogP contribution in [0.1, 0.15) is 11.1 Å². The van der Waals surface area contributed by atoms with Crippen molar-refractivity contribution < 1.29 is 4.74 Å². The number of halogens is 2. The molecule has 150 valence electrons. The summed E-state index contributed by atoms with van der Waals surface area (Å²) < 4.78 is 5.95. The molecule has 0 spiro atoms. The summed E-state index contributed by atoms with van der Waals surface area (Å²) in [5.74, 6) is 0.764. The van der Waals surface area contributed by atoms with Crippen LogP contribution in [0.4, 0.5) is 5.13 Å². The molecule has 0 aliphatic heterocycles. The SMILES string of the molecule is Clc1ccc(-c2csc(NN=Cc3ccccc3OCc3ccccc3)n2)c(Cl)c1. The fourth-order valence-corrected chi connectivity index (χ4v) is 3.92. The summed E-state index contributed by atoms with van der Waals surface area (Å²) in [6, 6.07) is 23.2. The molecule has 0 aliphatic carbocycles. The number of hydrogen-bond donors (Lipinski definition) is 1. The maximum atomic E-state index is 6.27. The number of benzene rings is 3. The van der Waals surface area contributed by atoms with E-state index in [-0.39, 0.29) is 0 Å². The van der Waals surface area contributed by atoms with Crippen LogP contribution in [0.2, 0.25) is 10.0 Å². The maximum absolute atomic E-state index is 6.27. The number of hydrazone groups is 1. The lowest BCUT2D eigenvalue weighted by molar-refractivity contribution is 0.306. The van der Waals surface area contributed by atoms with Crippen LogP contribution in [0.5, 0.6) is 5.75 Å². The number of anilines is 1. The number of ether oxygens (including phenoxy) is 1. The van der Waals surface area contributed by atoms with Crippen molar-refractivity contribution in [2.75, 3.05) is 5.43 Å². The molecule has 0 fully saturated rings. The van der Waals surface area contributed by atoms with Gasteiger partial charge in [0.05, 0.1) is 16.9 Å². The van der Waals surface area contributed by atoms with Gasteiger partial charge in [-0.1, -0.05) is 65.7 Å². The third kappa shape index (κ3) is 5.19. The predicted molar refractivity (Wildman–Crippen MR) is 126 cm³/mol. The van der Waals surface area contributed by atoms with Gasteiger partial charge in [-0.2, -0.15) is 5.10 Å². The van der Waals surface area contributed by atoms with E-state index in [0.29, 0.717) is 21.8 Å². The molecule has 1 N–H and O–H groups in total. The monoisotopic (exact) mass is 453 g/mol. The second-order valence-electron chi connectivity index (χ2n) is 6.34. The molecule has 3 aromatic carbocycles. The van der Waals surface area contributed by atoms with E-state index in [1.807, 2.05) is 66.0 Å². The number of nitrogens with one attached hydrogen (secondary N) is 1. The third-order valence-corrected chi connectivity index (χ3v) is 5.53. The van der Waals surface area contributed by atoms with Crippen molar-refractivity contribution >= 4 is 45.9 Å². The predicted octanol–water partition coefficient (Wildman–Crippen LogP) is 7.14. The molecule has 0 atom stereocenters. The average Bonchev–Trinajstić information content (AvgIpc) is 3.22. The Hall–Kier alpha value is -2.86. The van der Waals surface area contributed by atoms with E-state index in [1.165, 1.54) is 11.3 Å². The zero-order valence-corrected chi connectivity index (χ0v) is 18.1. The average molecular weight is 454 g/mol. The number of rotatable bonds is 7. The molecule has 0 radical (unpaired) electrons. The molecule has 7 heteroatoms. The highest BCUT2D eigenvalue weighted by Gasteiger charge is 2.08. The molecule has 1 aromatic heterocycles. The fraction of sp³-hybridized carbons (Fsp3) is 0.0435. The Balaban J connectivity index is 1.42. The van der Waals surface area contributed by atoms with E-state index in [4.69, 9.17) is 27.9 Å². The van der Waals surface area contributed by atoms with Gasteiger partial charge >= 0.3 is 0 Å². The van der Waals surface area contributed by atoms with Crippen LogP contribution in [0.3, 0.4) is 0 Å². The summed E-state index contributed by atoms with van der Waals surface area (Å²) in [7, 11) is 0. The first-order valence-corrected chi connectivity index (χ1v) is 10.8. The summed E-state index contributed by atoms with van der Waals surface area (Å²) in [5, 5.41) is 8.05. The van der Waals surface area contributed by atoms with Crippen LogP contribution in [0.25, 0.3) is 11.3 Å². The summed E-state index contributed by atoms with van der Waals surface area (Å²) >= 11 is 13.7. The van der Waals surface area contributed by atoms with Crippen LogP contribution < -0.4 is 10.2 Å². The van der Waals surface area contributed by atoms with E-state index in [2.05, 4.69) is 15.5 Å².